The number of carbonyl (C=O) groups excluding carboxylic acids is 3. The quantitative estimate of drug-likeness (QED) is 0.348. The summed E-state index contributed by atoms with van der Waals surface area (Å²) in [7, 11) is 0. The van der Waals surface area contributed by atoms with E-state index in [0.717, 1.165) is 36.0 Å². The van der Waals surface area contributed by atoms with Crippen molar-refractivity contribution < 1.29 is 24.2 Å². The van der Waals surface area contributed by atoms with E-state index in [-0.39, 0.29) is 18.1 Å². The monoisotopic (exact) mass is 523 g/mol. The Labute approximate surface area is 225 Å². The number of aromatic hydroxyl groups is 1. The van der Waals surface area contributed by atoms with Crippen molar-refractivity contribution in [3.05, 3.63) is 64.7 Å². The van der Waals surface area contributed by atoms with Crippen LogP contribution in [0.2, 0.25) is 0 Å². The molecule has 3 rings (SSSR count). The molecular formula is C30H41N3O5. The lowest BCUT2D eigenvalue weighted by atomic mass is 9.75. The number of phenols is 1. The van der Waals surface area contributed by atoms with E-state index in [1.807, 2.05) is 32.0 Å². The average Bonchev–Trinajstić information content (AvgIpc) is 2.79. The molecule has 3 amide bonds. The summed E-state index contributed by atoms with van der Waals surface area (Å²) < 4.78 is 5.41. The Morgan fingerprint density at radius 2 is 1.68 bits per heavy atom. The van der Waals surface area contributed by atoms with Crippen LogP contribution in [0.5, 0.6) is 5.75 Å². The van der Waals surface area contributed by atoms with Crippen molar-refractivity contribution in [1.82, 2.24) is 16.0 Å². The van der Waals surface area contributed by atoms with E-state index < -0.39 is 29.2 Å². The summed E-state index contributed by atoms with van der Waals surface area (Å²) in [5, 5.41) is 18.6. The van der Waals surface area contributed by atoms with Gasteiger partial charge in [0.05, 0.1) is 0 Å². The van der Waals surface area contributed by atoms with Gasteiger partial charge in [-0.05, 0) is 101 Å². The predicted octanol–water partition coefficient (Wildman–Crippen LogP) is 4.23. The van der Waals surface area contributed by atoms with E-state index in [0.29, 0.717) is 19.4 Å². The van der Waals surface area contributed by atoms with E-state index >= 15 is 0 Å². The van der Waals surface area contributed by atoms with Gasteiger partial charge in [0.15, 0.2) is 0 Å². The molecule has 0 aliphatic heterocycles. The van der Waals surface area contributed by atoms with E-state index in [1.165, 1.54) is 5.56 Å². The standard InChI is InChI=1S/C30H41N3O5/c1-20-17-23(34)18-21(2)24(20)19-25(32-28(37)38-29(3,4)5)26(35)33-30(14-10-15-30)27(36)31-16-9-13-22-11-7-6-8-12-22/h6-8,11-12,17-18,25,34H,9-10,13-16,19H2,1-5H3,(H,31,36)(H,32,37)(H,33,35). The van der Waals surface area contributed by atoms with Crippen molar-refractivity contribution in [3.8, 4) is 5.75 Å². The summed E-state index contributed by atoms with van der Waals surface area (Å²) in [5.74, 6) is -0.498. The second-order valence-corrected chi connectivity index (χ2v) is 11.2. The van der Waals surface area contributed by atoms with Crippen LogP contribution >= 0.6 is 0 Å². The maximum absolute atomic E-state index is 13.6. The van der Waals surface area contributed by atoms with Crippen molar-refractivity contribution in [3.63, 3.8) is 0 Å². The number of rotatable bonds is 10. The van der Waals surface area contributed by atoms with Crippen LogP contribution in [0.3, 0.4) is 0 Å². The number of alkyl carbamates (subject to hydrolysis) is 1. The largest absolute Gasteiger partial charge is 0.508 e. The molecule has 2 aromatic carbocycles. The molecule has 2 aromatic rings. The fraction of sp³-hybridized carbons (Fsp3) is 0.500. The van der Waals surface area contributed by atoms with Crippen LogP contribution < -0.4 is 16.0 Å². The van der Waals surface area contributed by atoms with Crippen LogP contribution in [0.15, 0.2) is 42.5 Å². The first-order chi connectivity index (χ1) is 17.9. The van der Waals surface area contributed by atoms with E-state index in [1.54, 1.807) is 32.9 Å². The zero-order valence-corrected chi connectivity index (χ0v) is 23.1. The smallest absolute Gasteiger partial charge is 0.408 e. The molecule has 1 saturated carbocycles. The molecule has 1 fully saturated rings. The molecule has 1 aliphatic carbocycles. The van der Waals surface area contributed by atoms with Gasteiger partial charge in [-0.1, -0.05) is 30.3 Å². The maximum atomic E-state index is 13.6. The Morgan fingerprint density at radius 3 is 2.24 bits per heavy atom. The number of carbonyl (C=O) groups is 3. The maximum Gasteiger partial charge on any atom is 0.408 e. The molecule has 0 radical (unpaired) electrons. The molecule has 0 spiro atoms. The van der Waals surface area contributed by atoms with Crippen LogP contribution in [0.4, 0.5) is 4.79 Å². The number of hydrogen-bond acceptors (Lipinski definition) is 5. The third kappa shape index (κ3) is 7.97. The Morgan fingerprint density at radius 1 is 1.05 bits per heavy atom. The summed E-state index contributed by atoms with van der Waals surface area (Å²) in [6.07, 6.45) is 3.05. The average molecular weight is 524 g/mol. The van der Waals surface area contributed by atoms with E-state index in [9.17, 15) is 19.5 Å². The number of benzene rings is 2. The van der Waals surface area contributed by atoms with E-state index in [2.05, 4.69) is 28.1 Å². The first-order valence-electron chi connectivity index (χ1n) is 13.3. The summed E-state index contributed by atoms with van der Waals surface area (Å²) in [6.45, 7) is 9.46. The first kappa shape index (κ1) is 29.0. The Bertz CT molecular complexity index is 1110. The lowest BCUT2D eigenvalue weighted by Gasteiger charge is -2.41. The normalized spacial score (nSPS) is 15.1. The summed E-state index contributed by atoms with van der Waals surface area (Å²) in [6, 6.07) is 12.4. The van der Waals surface area contributed by atoms with Gasteiger partial charge in [-0.15, -0.1) is 0 Å². The zero-order valence-electron chi connectivity index (χ0n) is 23.1. The molecule has 8 nitrogen and oxygen atoms in total. The minimum absolute atomic E-state index is 0.141. The van der Waals surface area contributed by atoms with Gasteiger partial charge < -0.3 is 25.8 Å². The van der Waals surface area contributed by atoms with E-state index in [4.69, 9.17) is 4.74 Å². The van der Waals surface area contributed by atoms with Gasteiger partial charge in [-0.2, -0.15) is 0 Å². The number of phenolic OH excluding ortho intramolecular Hbond substituents is 1. The summed E-state index contributed by atoms with van der Waals surface area (Å²) in [5.41, 5.74) is 1.94. The lowest BCUT2D eigenvalue weighted by molar-refractivity contribution is -0.138. The number of nitrogens with one attached hydrogen (secondary N) is 3. The first-order valence-corrected chi connectivity index (χ1v) is 13.3. The van der Waals surface area contributed by atoms with Gasteiger partial charge in [0.2, 0.25) is 11.8 Å². The molecule has 206 valence electrons. The second kappa shape index (κ2) is 12.3. The second-order valence-electron chi connectivity index (χ2n) is 11.2. The van der Waals surface area contributed by atoms with Crippen LogP contribution in [0, 0.1) is 13.8 Å². The van der Waals surface area contributed by atoms with Crippen molar-refractivity contribution in [2.75, 3.05) is 6.54 Å². The highest BCUT2D eigenvalue weighted by Crippen LogP contribution is 2.32. The minimum Gasteiger partial charge on any atom is -0.508 e. The Kier molecular flexibility index (Phi) is 9.41. The number of amides is 3. The number of hydrogen-bond donors (Lipinski definition) is 4. The van der Waals surface area contributed by atoms with Crippen LogP contribution in [-0.2, 0) is 27.2 Å². The Hall–Kier alpha value is -3.55. The van der Waals surface area contributed by atoms with Crippen molar-refractivity contribution in [1.29, 1.82) is 0 Å². The van der Waals surface area contributed by atoms with Gasteiger partial charge >= 0.3 is 6.09 Å². The molecule has 0 bridgehead atoms. The molecule has 0 heterocycles. The van der Waals surface area contributed by atoms with Crippen molar-refractivity contribution in [2.24, 2.45) is 0 Å². The third-order valence-electron chi connectivity index (χ3n) is 6.87. The molecule has 8 heteroatoms. The molecular weight excluding hydrogens is 482 g/mol. The van der Waals surface area contributed by atoms with Crippen LogP contribution in [0.1, 0.15) is 68.7 Å². The highest BCUT2D eigenvalue weighted by Gasteiger charge is 2.46. The van der Waals surface area contributed by atoms with Crippen molar-refractivity contribution in [2.45, 2.75) is 90.3 Å². The van der Waals surface area contributed by atoms with Gasteiger partial charge in [0, 0.05) is 13.0 Å². The predicted molar refractivity (Wildman–Crippen MR) is 147 cm³/mol. The lowest BCUT2D eigenvalue weighted by Crippen LogP contribution is -2.65. The Balaban J connectivity index is 1.69. The fourth-order valence-corrected chi connectivity index (χ4v) is 4.73. The number of aryl methyl sites for hydroxylation is 3. The molecule has 1 atom stereocenters. The summed E-state index contributed by atoms with van der Waals surface area (Å²) in [4.78, 5) is 39.3. The van der Waals surface area contributed by atoms with Crippen LogP contribution in [0.25, 0.3) is 0 Å². The SMILES string of the molecule is Cc1cc(O)cc(C)c1CC(NC(=O)OC(C)(C)C)C(=O)NC1(C(=O)NCCCc2ccccc2)CCC1. The van der Waals surface area contributed by atoms with Crippen LogP contribution in [-0.4, -0.2) is 46.7 Å². The van der Waals surface area contributed by atoms with Gasteiger partial charge in [-0.25, -0.2) is 4.79 Å². The molecule has 4 N–H and O–H groups in total. The molecule has 0 saturated heterocycles. The zero-order chi connectivity index (χ0) is 27.9. The van der Waals surface area contributed by atoms with Gasteiger partial charge in [-0.3, -0.25) is 9.59 Å². The van der Waals surface area contributed by atoms with Gasteiger partial charge in [0.1, 0.15) is 22.9 Å². The number of ether oxygens (including phenoxy) is 1. The van der Waals surface area contributed by atoms with Gasteiger partial charge in [0.25, 0.3) is 0 Å². The summed E-state index contributed by atoms with van der Waals surface area (Å²) >= 11 is 0. The highest BCUT2D eigenvalue weighted by atomic mass is 16.6. The fourth-order valence-electron chi connectivity index (χ4n) is 4.73. The van der Waals surface area contributed by atoms with Crippen molar-refractivity contribution >= 4 is 17.9 Å². The molecule has 1 aliphatic rings. The minimum atomic E-state index is -0.989. The molecule has 1 unspecified atom stereocenters. The molecule has 38 heavy (non-hydrogen) atoms. The molecule has 0 aromatic heterocycles. The topological polar surface area (TPSA) is 117 Å². The highest BCUT2D eigenvalue weighted by molar-refractivity contribution is 5.95. The third-order valence-corrected chi connectivity index (χ3v) is 6.87.